The van der Waals surface area contributed by atoms with Crippen LogP contribution in [-0.4, -0.2) is 35.2 Å². The molecule has 96 valence electrons. The Morgan fingerprint density at radius 1 is 1.44 bits per heavy atom. The van der Waals surface area contributed by atoms with Crippen LogP contribution in [0.2, 0.25) is 0 Å². The molecule has 0 saturated carbocycles. The molecule has 1 fully saturated rings. The molecule has 1 atom stereocenters. The lowest BCUT2D eigenvalue weighted by molar-refractivity contribution is -0.117. The fourth-order valence-corrected chi connectivity index (χ4v) is 2.06. The summed E-state index contributed by atoms with van der Waals surface area (Å²) >= 11 is 0. The number of aromatic carboxylic acids is 1. The van der Waals surface area contributed by atoms with Gasteiger partial charge in [0.25, 0.3) is 0 Å². The number of carboxylic acid groups (broad SMARTS) is 1. The van der Waals surface area contributed by atoms with Gasteiger partial charge in [0.2, 0.25) is 5.91 Å². The highest BCUT2D eigenvalue weighted by Gasteiger charge is 2.30. The van der Waals surface area contributed by atoms with E-state index < -0.39 is 5.97 Å². The van der Waals surface area contributed by atoms with Gasteiger partial charge in [0.1, 0.15) is 5.75 Å². The molecule has 1 aliphatic heterocycles. The third kappa shape index (κ3) is 2.28. The van der Waals surface area contributed by atoms with Crippen LogP contribution in [0, 0.1) is 5.92 Å². The van der Waals surface area contributed by atoms with E-state index in [2.05, 4.69) is 0 Å². The first-order valence-electron chi connectivity index (χ1n) is 5.59. The number of carbonyl (C=O) groups excluding carboxylic acids is 1. The summed E-state index contributed by atoms with van der Waals surface area (Å²) in [5, 5.41) is 18.4. The van der Waals surface area contributed by atoms with Gasteiger partial charge in [-0.3, -0.25) is 4.79 Å². The number of aromatic hydroxyl groups is 1. The predicted octanol–water partition coefficient (Wildman–Crippen LogP) is 0.402. The van der Waals surface area contributed by atoms with Crippen molar-refractivity contribution in [2.24, 2.45) is 11.7 Å². The van der Waals surface area contributed by atoms with Gasteiger partial charge in [-0.1, -0.05) is 0 Å². The molecule has 1 aromatic rings. The first-order valence-corrected chi connectivity index (χ1v) is 5.59. The van der Waals surface area contributed by atoms with Gasteiger partial charge in [0.05, 0.1) is 5.56 Å². The van der Waals surface area contributed by atoms with Gasteiger partial charge >= 0.3 is 5.97 Å². The van der Waals surface area contributed by atoms with Gasteiger partial charge in [-0.05, 0) is 24.6 Å². The summed E-state index contributed by atoms with van der Waals surface area (Å²) in [6.07, 6.45) is 0.356. The lowest BCUT2D eigenvalue weighted by atomic mass is 10.1. The highest BCUT2D eigenvalue weighted by atomic mass is 16.4. The quantitative estimate of drug-likeness (QED) is 0.720. The Kier molecular flexibility index (Phi) is 3.20. The summed E-state index contributed by atoms with van der Waals surface area (Å²) in [5.74, 6) is -1.34. The zero-order valence-electron chi connectivity index (χ0n) is 9.67. The molecule has 0 spiro atoms. The fourth-order valence-electron chi connectivity index (χ4n) is 2.06. The van der Waals surface area contributed by atoms with Crippen molar-refractivity contribution < 1.29 is 19.8 Å². The monoisotopic (exact) mass is 250 g/mol. The largest absolute Gasteiger partial charge is 0.508 e. The highest BCUT2D eigenvalue weighted by Crippen LogP contribution is 2.28. The molecular weight excluding hydrogens is 236 g/mol. The van der Waals surface area contributed by atoms with E-state index in [0.717, 1.165) is 6.07 Å². The zero-order valence-corrected chi connectivity index (χ0v) is 9.67. The van der Waals surface area contributed by atoms with Crippen LogP contribution in [0.4, 0.5) is 5.69 Å². The molecule has 4 N–H and O–H groups in total. The minimum atomic E-state index is -1.14. The van der Waals surface area contributed by atoms with Crippen molar-refractivity contribution >= 4 is 17.6 Å². The molecule has 1 amide bonds. The Balaban J connectivity index is 2.34. The van der Waals surface area contributed by atoms with E-state index in [1.807, 2.05) is 0 Å². The van der Waals surface area contributed by atoms with E-state index in [1.54, 1.807) is 0 Å². The SMILES string of the molecule is NCC1CC(=O)N(c2cc(O)cc(C(=O)O)c2)C1. The number of hydrogen-bond donors (Lipinski definition) is 3. The Bertz CT molecular complexity index is 501. The highest BCUT2D eigenvalue weighted by molar-refractivity contribution is 5.98. The number of nitrogens with two attached hydrogens (primary N) is 1. The average Bonchev–Trinajstić information content (AvgIpc) is 2.69. The number of phenolic OH excluding ortho intramolecular Hbond substituents is 1. The minimum absolute atomic E-state index is 0.0472. The molecule has 6 nitrogen and oxygen atoms in total. The van der Waals surface area contributed by atoms with Gasteiger partial charge in [-0.2, -0.15) is 0 Å². The van der Waals surface area contributed by atoms with Crippen LogP contribution in [0.1, 0.15) is 16.8 Å². The second-order valence-electron chi connectivity index (χ2n) is 4.35. The van der Waals surface area contributed by atoms with Crippen LogP contribution >= 0.6 is 0 Å². The molecule has 6 heteroatoms. The Morgan fingerprint density at radius 2 is 2.17 bits per heavy atom. The molecule has 1 aromatic carbocycles. The van der Waals surface area contributed by atoms with E-state index in [1.165, 1.54) is 17.0 Å². The van der Waals surface area contributed by atoms with Crippen molar-refractivity contribution in [3.05, 3.63) is 23.8 Å². The smallest absolute Gasteiger partial charge is 0.335 e. The van der Waals surface area contributed by atoms with Gasteiger partial charge in [-0.15, -0.1) is 0 Å². The third-order valence-electron chi connectivity index (χ3n) is 3.00. The second-order valence-corrected chi connectivity index (χ2v) is 4.35. The summed E-state index contributed by atoms with van der Waals surface area (Å²) in [5.41, 5.74) is 5.87. The number of benzene rings is 1. The molecule has 0 aliphatic carbocycles. The van der Waals surface area contributed by atoms with Crippen LogP contribution in [0.5, 0.6) is 5.75 Å². The third-order valence-corrected chi connectivity index (χ3v) is 3.00. The average molecular weight is 250 g/mol. The van der Waals surface area contributed by atoms with Crippen LogP contribution < -0.4 is 10.6 Å². The van der Waals surface area contributed by atoms with E-state index in [0.29, 0.717) is 25.2 Å². The maximum atomic E-state index is 11.8. The number of carbonyl (C=O) groups is 2. The molecule has 0 aromatic heterocycles. The molecule has 0 radical (unpaired) electrons. The number of carboxylic acids is 1. The lowest BCUT2D eigenvalue weighted by Crippen LogP contribution is -2.25. The van der Waals surface area contributed by atoms with Crippen LogP contribution in [0.3, 0.4) is 0 Å². The van der Waals surface area contributed by atoms with Crippen molar-refractivity contribution in [2.45, 2.75) is 6.42 Å². The van der Waals surface area contributed by atoms with Crippen molar-refractivity contribution in [1.82, 2.24) is 0 Å². The van der Waals surface area contributed by atoms with E-state index >= 15 is 0 Å². The zero-order chi connectivity index (χ0) is 13.3. The van der Waals surface area contributed by atoms with Crippen molar-refractivity contribution in [3.63, 3.8) is 0 Å². The van der Waals surface area contributed by atoms with Gasteiger partial charge in [0.15, 0.2) is 0 Å². The van der Waals surface area contributed by atoms with E-state index in [9.17, 15) is 14.7 Å². The Morgan fingerprint density at radius 3 is 2.72 bits per heavy atom. The molecule has 1 unspecified atom stereocenters. The van der Waals surface area contributed by atoms with Gasteiger partial charge < -0.3 is 20.8 Å². The van der Waals surface area contributed by atoms with E-state index in [-0.39, 0.29) is 23.1 Å². The number of hydrogen-bond acceptors (Lipinski definition) is 4. The molecule has 0 bridgehead atoms. The normalized spacial score (nSPS) is 19.3. The van der Waals surface area contributed by atoms with Crippen molar-refractivity contribution in [2.75, 3.05) is 18.0 Å². The maximum Gasteiger partial charge on any atom is 0.335 e. The maximum absolute atomic E-state index is 11.8. The van der Waals surface area contributed by atoms with Crippen LogP contribution in [-0.2, 0) is 4.79 Å². The summed E-state index contributed by atoms with van der Waals surface area (Å²) < 4.78 is 0. The van der Waals surface area contributed by atoms with E-state index in [4.69, 9.17) is 10.8 Å². The number of phenols is 1. The molecular formula is C12H14N2O4. The second kappa shape index (κ2) is 4.66. The fraction of sp³-hybridized carbons (Fsp3) is 0.333. The standard InChI is InChI=1S/C12H14N2O4/c13-5-7-1-11(16)14(6-7)9-2-8(12(17)18)3-10(15)4-9/h2-4,7,15H,1,5-6,13H2,(H,17,18). The van der Waals surface area contributed by atoms with Gasteiger partial charge in [0, 0.05) is 24.7 Å². The molecule has 1 heterocycles. The minimum Gasteiger partial charge on any atom is -0.508 e. The number of rotatable bonds is 3. The number of amides is 1. The number of nitrogens with zero attached hydrogens (tertiary/aromatic N) is 1. The Hall–Kier alpha value is -2.08. The Labute approximate surface area is 104 Å². The molecule has 2 rings (SSSR count). The summed E-state index contributed by atoms with van der Waals surface area (Å²) in [4.78, 5) is 24.1. The summed E-state index contributed by atoms with van der Waals surface area (Å²) in [6, 6.07) is 3.90. The van der Waals surface area contributed by atoms with Crippen molar-refractivity contribution in [1.29, 1.82) is 0 Å². The summed E-state index contributed by atoms with van der Waals surface area (Å²) in [7, 11) is 0. The first kappa shape index (κ1) is 12.4. The predicted molar refractivity (Wildman–Crippen MR) is 64.6 cm³/mol. The molecule has 18 heavy (non-hydrogen) atoms. The molecule has 1 saturated heterocycles. The summed E-state index contributed by atoms with van der Waals surface area (Å²) in [6.45, 7) is 0.866. The van der Waals surface area contributed by atoms with Crippen LogP contribution in [0.15, 0.2) is 18.2 Å². The first-order chi connectivity index (χ1) is 8.51. The molecule has 1 aliphatic rings. The van der Waals surface area contributed by atoms with Crippen LogP contribution in [0.25, 0.3) is 0 Å². The topological polar surface area (TPSA) is 104 Å². The number of anilines is 1. The lowest BCUT2D eigenvalue weighted by Gasteiger charge is -2.17. The van der Waals surface area contributed by atoms with Crippen molar-refractivity contribution in [3.8, 4) is 5.75 Å². The van der Waals surface area contributed by atoms with Gasteiger partial charge in [-0.25, -0.2) is 4.79 Å².